The second kappa shape index (κ2) is 5.57. The summed E-state index contributed by atoms with van der Waals surface area (Å²) in [5.74, 6) is 0. The first-order valence-electron chi connectivity index (χ1n) is 5.65. The van der Waals surface area contributed by atoms with Gasteiger partial charge < -0.3 is 11.1 Å². The van der Waals surface area contributed by atoms with E-state index in [4.69, 9.17) is 5.73 Å². The van der Waals surface area contributed by atoms with E-state index in [0.29, 0.717) is 0 Å². The highest BCUT2D eigenvalue weighted by atomic mass is 32.2. The summed E-state index contributed by atoms with van der Waals surface area (Å²) in [6, 6.07) is 6.41. The molecule has 0 radical (unpaired) electrons. The summed E-state index contributed by atoms with van der Waals surface area (Å²) in [5, 5.41) is 3.36. The Kier molecular flexibility index (Phi) is 4.09. The fourth-order valence-corrected chi connectivity index (χ4v) is 2.51. The Morgan fingerprint density at radius 1 is 1.38 bits per heavy atom. The number of anilines is 1. The van der Waals surface area contributed by atoms with Crippen LogP contribution in [-0.2, 0) is 6.54 Å². The second-order valence-corrected chi connectivity index (χ2v) is 4.95. The molecule has 3 nitrogen and oxygen atoms in total. The van der Waals surface area contributed by atoms with Gasteiger partial charge in [0.2, 0.25) is 0 Å². The number of benzene rings is 1. The number of nitrogen functional groups attached to an aromatic ring is 1. The number of nitrogens with zero attached hydrogens (tertiary/aromatic N) is 1. The maximum Gasteiger partial charge on any atom is 0.0455 e. The molecular weight excluding hydrogens is 218 g/mol. The summed E-state index contributed by atoms with van der Waals surface area (Å²) in [4.78, 5) is 3.63. The molecule has 88 valence electrons. The maximum atomic E-state index is 5.99. The fourth-order valence-electron chi connectivity index (χ4n) is 2.01. The molecule has 1 heterocycles. The van der Waals surface area contributed by atoms with Crippen molar-refractivity contribution in [2.45, 2.75) is 11.4 Å². The summed E-state index contributed by atoms with van der Waals surface area (Å²) in [7, 11) is 0. The molecule has 1 fully saturated rings. The van der Waals surface area contributed by atoms with Gasteiger partial charge in [0, 0.05) is 43.3 Å². The van der Waals surface area contributed by atoms with Crippen molar-refractivity contribution < 1.29 is 0 Å². The zero-order valence-electron chi connectivity index (χ0n) is 9.70. The van der Waals surface area contributed by atoms with Crippen LogP contribution < -0.4 is 11.1 Å². The van der Waals surface area contributed by atoms with Gasteiger partial charge in [0.25, 0.3) is 0 Å². The van der Waals surface area contributed by atoms with Crippen molar-refractivity contribution in [3.05, 3.63) is 23.8 Å². The Hall–Kier alpha value is -0.710. The van der Waals surface area contributed by atoms with Gasteiger partial charge in [-0.15, -0.1) is 11.8 Å². The first-order chi connectivity index (χ1) is 7.79. The number of nitrogens with two attached hydrogens (primary N) is 1. The van der Waals surface area contributed by atoms with Gasteiger partial charge in [-0.2, -0.15) is 0 Å². The normalized spacial score (nSPS) is 17.6. The van der Waals surface area contributed by atoms with E-state index in [2.05, 4.69) is 34.7 Å². The van der Waals surface area contributed by atoms with Crippen LogP contribution >= 0.6 is 11.8 Å². The predicted octanol–water partition coefficient (Wildman–Crippen LogP) is 1.40. The number of rotatable bonds is 3. The molecule has 0 spiro atoms. The van der Waals surface area contributed by atoms with E-state index in [1.165, 1.54) is 10.5 Å². The third kappa shape index (κ3) is 2.90. The summed E-state index contributed by atoms with van der Waals surface area (Å²) < 4.78 is 0. The van der Waals surface area contributed by atoms with Crippen LogP contribution in [0.4, 0.5) is 5.69 Å². The standard InChI is InChI=1S/C12H19N3S/c1-16-12-3-2-10(8-11(12)13)9-15-6-4-14-5-7-15/h2-3,8,14H,4-7,9,13H2,1H3. The van der Waals surface area contributed by atoms with Crippen LogP contribution in [0.25, 0.3) is 0 Å². The summed E-state index contributed by atoms with van der Waals surface area (Å²) in [6.07, 6.45) is 2.06. The molecule has 3 N–H and O–H groups in total. The van der Waals surface area contributed by atoms with Gasteiger partial charge in [0.05, 0.1) is 0 Å². The highest BCUT2D eigenvalue weighted by molar-refractivity contribution is 7.98. The fraction of sp³-hybridized carbons (Fsp3) is 0.500. The highest BCUT2D eigenvalue weighted by Gasteiger charge is 2.10. The topological polar surface area (TPSA) is 41.3 Å². The molecule has 1 aromatic carbocycles. The zero-order chi connectivity index (χ0) is 11.4. The number of thioether (sulfide) groups is 1. The van der Waals surface area contributed by atoms with Crippen molar-refractivity contribution in [1.29, 1.82) is 0 Å². The van der Waals surface area contributed by atoms with Crippen molar-refractivity contribution in [3.8, 4) is 0 Å². The minimum atomic E-state index is 0.903. The van der Waals surface area contributed by atoms with Crippen molar-refractivity contribution in [2.24, 2.45) is 0 Å². The Bertz CT molecular complexity index is 348. The molecule has 1 saturated heterocycles. The van der Waals surface area contributed by atoms with Crippen molar-refractivity contribution in [2.75, 3.05) is 38.2 Å². The first-order valence-corrected chi connectivity index (χ1v) is 6.87. The smallest absolute Gasteiger partial charge is 0.0455 e. The molecule has 0 amide bonds. The van der Waals surface area contributed by atoms with Gasteiger partial charge in [-0.05, 0) is 24.0 Å². The quantitative estimate of drug-likeness (QED) is 0.616. The zero-order valence-corrected chi connectivity index (χ0v) is 10.5. The number of hydrogen-bond donors (Lipinski definition) is 2. The van der Waals surface area contributed by atoms with Gasteiger partial charge in [0.15, 0.2) is 0 Å². The lowest BCUT2D eigenvalue weighted by Crippen LogP contribution is -2.42. The van der Waals surface area contributed by atoms with E-state index in [1.54, 1.807) is 11.8 Å². The molecule has 0 aliphatic carbocycles. The third-order valence-electron chi connectivity index (χ3n) is 2.91. The molecule has 0 unspecified atom stereocenters. The van der Waals surface area contributed by atoms with Crippen LogP contribution in [0.3, 0.4) is 0 Å². The van der Waals surface area contributed by atoms with E-state index in [1.807, 2.05) is 0 Å². The van der Waals surface area contributed by atoms with Gasteiger partial charge in [-0.3, -0.25) is 4.90 Å². The molecule has 0 bridgehead atoms. The Morgan fingerprint density at radius 3 is 2.75 bits per heavy atom. The monoisotopic (exact) mass is 237 g/mol. The SMILES string of the molecule is CSc1ccc(CN2CCNCC2)cc1N. The lowest BCUT2D eigenvalue weighted by Gasteiger charge is -2.27. The number of nitrogens with one attached hydrogen (secondary N) is 1. The van der Waals surface area contributed by atoms with Crippen LogP contribution in [0, 0.1) is 0 Å². The Labute approximate surface area is 101 Å². The minimum Gasteiger partial charge on any atom is -0.398 e. The van der Waals surface area contributed by atoms with Gasteiger partial charge in [-0.1, -0.05) is 6.07 Å². The third-order valence-corrected chi connectivity index (χ3v) is 3.72. The van der Waals surface area contributed by atoms with E-state index >= 15 is 0 Å². The Balaban J connectivity index is 2.01. The summed E-state index contributed by atoms with van der Waals surface area (Å²) in [5.41, 5.74) is 8.21. The van der Waals surface area contributed by atoms with Gasteiger partial charge in [-0.25, -0.2) is 0 Å². The molecule has 0 saturated carbocycles. The average molecular weight is 237 g/mol. The summed E-state index contributed by atoms with van der Waals surface area (Å²) in [6.45, 7) is 5.46. The molecule has 1 aromatic rings. The van der Waals surface area contributed by atoms with Crippen LogP contribution in [0.2, 0.25) is 0 Å². The maximum absolute atomic E-state index is 5.99. The van der Waals surface area contributed by atoms with Crippen LogP contribution in [0.5, 0.6) is 0 Å². The molecule has 1 aliphatic heterocycles. The highest BCUT2D eigenvalue weighted by Crippen LogP contribution is 2.24. The van der Waals surface area contributed by atoms with Crippen LogP contribution in [0.15, 0.2) is 23.1 Å². The van der Waals surface area contributed by atoms with Crippen molar-refractivity contribution in [3.63, 3.8) is 0 Å². The van der Waals surface area contributed by atoms with Gasteiger partial charge in [0.1, 0.15) is 0 Å². The molecule has 0 atom stereocenters. The Morgan fingerprint density at radius 2 is 2.12 bits per heavy atom. The van der Waals surface area contributed by atoms with Crippen molar-refractivity contribution >= 4 is 17.4 Å². The second-order valence-electron chi connectivity index (χ2n) is 4.10. The largest absolute Gasteiger partial charge is 0.398 e. The van der Waals surface area contributed by atoms with Crippen LogP contribution in [-0.4, -0.2) is 37.3 Å². The minimum absolute atomic E-state index is 0.903. The van der Waals surface area contributed by atoms with E-state index < -0.39 is 0 Å². The first kappa shape index (κ1) is 11.8. The molecular formula is C12H19N3S. The predicted molar refractivity (Wildman–Crippen MR) is 70.8 cm³/mol. The lowest BCUT2D eigenvalue weighted by molar-refractivity contribution is 0.233. The number of hydrogen-bond acceptors (Lipinski definition) is 4. The van der Waals surface area contributed by atoms with E-state index in [-0.39, 0.29) is 0 Å². The van der Waals surface area contributed by atoms with E-state index in [9.17, 15) is 0 Å². The van der Waals surface area contributed by atoms with Crippen molar-refractivity contribution in [1.82, 2.24) is 10.2 Å². The van der Waals surface area contributed by atoms with Gasteiger partial charge >= 0.3 is 0 Å². The summed E-state index contributed by atoms with van der Waals surface area (Å²) >= 11 is 1.70. The molecule has 16 heavy (non-hydrogen) atoms. The lowest BCUT2D eigenvalue weighted by atomic mass is 10.2. The van der Waals surface area contributed by atoms with Crippen LogP contribution in [0.1, 0.15) is 5.56 Å². The van der Waals surface area contributed by atoms with E-state index in [0.717, 1.165) is 38.4 Å². The molecule has 0 aromatic heterocycles. The number of piperazine rings is 1. The molecule has 4 heteroatoms. The average Bonchev–Trinajstić information content (AvgIpc) is 2.31. The molecule has 1 aliphatic rings. The molecule has 2 rings (SSSR count).